The quantitative estimate of drug-likeness (QED) is 0.384. The van der Waals surface area contributed by atoms with Gasteiger partial charge in [-0.1, -0.05) is 36.4 Å². The van der Waals surface area contributed by atoms with E-state index in [-0.39, 0.29) is 12.1 Å². The number of hydrogen-bond acceptors (Lipinski definition) is 3. The minimum atomic E-state index is -0.252. The SMILES string of the molecule is Cc1ccccc1NC(=O)Nc1ccnn1C1CCN(Cc2[nH]c3ccccc3c2C)CC1. The summed E-state index contributed by atoms with van der Waals surface area (Å²) >= 11 is 0. The smallest absolute Gasteiger partial charge is 0.324 e. The van der Waals surface area contributed by atoms with Crippen LogP contribution in [0.5, 0.6) is 0 Å². The highest BCUT2D eigenvalue weighted by Gasteiger charge is 2.24. The zero-order chi connectivity index (χ0) is 22.8. The predicted molar refractivity (Wildman–Crippen MR) is 133 cm³/mol. The molecule has 2 aromatic carbocycles. The summed E-state index contributed by atoms with van der Waals surface area (Å²) in [5.41, 5.74) is 5.67. The van der Waals surface area contributed by atoms with E-state index < -0.39 is 0 Å². The van der Waals surface area contributed by atoms with Crippen molar-refractivity contribution in [3.05, 3.63) is 77.6 Å². The number of fused-ring (bicyclic) bond motifs is 1. The van der Waals surface area contributed by atoms with Gasteiger partial charge >= 0.3 is 6.03 Å². The molecule has 2 aromatic heterocycles. The van der Waals surface area contributed by atoms with Gasteiger partial charge in [0.15, 0.2) is 0 Å². The third-order valence-corrected chi connectivity index (χ3v) is 6.66. The van der Waals surface area contributed by atoms with E-state index in [4.69, 9.17) is 0 Å². The number of para-hydroxylation sites is 2. The Balaban J connectivity index is 1.19. The van der Waals surface area contributed by atoms with Crippen molar-refractivity contribution in [2.45, 2.75) is 39.3 Å². The first-order valence-corrected chi connectivity index (χ1v) is 11.5. The number of carbonyl (C=O) groups is 1. The predicted octanol–water partition coefficient (Wildman–Crippen LogP) is 5.46. The van der Waals surface area contributed by atoms with E-state index in [1.807, 2.05) is 41.9 Å². The zero-order valence-electron chi connectivity index (χ0n) is 19.1. The maximum absolute atomic E-state index is 12.6. The maximum atomic E-state index is 12.6. The van der Waals surface area contributed by atoms with Crippen molar-refractivity contribution in [2.75, 3.05) is 23.7 Å². The number of hydrogen-bond donors (Lipinski definition) is 3. The molecule has 1 aliphatic rings. The van der Waals surface area contributed by atoms with E-state index in [1.54, 1.807) is 6.20 Å². The molecular formula is C26H30N6O. The standard InChI is InChI=1S/C26H30N6O/c1-18-7-3-5-9-22(18)29-26(33)30-25-11-14-27-32(25)20-12-15-31(16-13-20)17-24-19(2)21-8-4-6-10-23(21)28-24/h3-11,14,20,28H,12-13,15-17H2,1-2H3,(H2,29,30,33). The molecule has 2 amide bonds. The first kappa shape index (κ1) is 21.3. The Hall–Kier alpha value is -3.58. The molecule has 0 radical (unpaired) electrons. The number of rotatable bonds is 5. The van der Waals surface area contributed by atoms with Gasteiger partial charge in [-0.3, -0.25) is 10.2 Å². The van der Waals surface area contributed by atoms with E-state index in [0.29, 0.717) is 0 Å². The highest BCUT2D eigenvalue weighted by Crippen LogP contribution is 2.28. The van der Waals surface area contributed by atoms with Crippen LogP contribution in [0.15, 0.2) is 60.8 Å². The third-order valence-electron chi connectivity index (χ3n) is 6.66. The second-order valence-electron chi connectivity index (χ2n) is 8.84. The highest BCUT2D eigenvalue weighted by molar-refractivity contribution is 5.99. The number of carbonyl (C=O) groups excluding carboxylic acids is 1. The molecule has 33 heavy (non-hydrogen) atoms. The molecular weight excluding hydrogens is 412 g/mol. The van der Waals surface area contributed by atoms with Crippen molar-refractivity contribution in [3.63, 3.8) is 0 Å². The number of likely N-dealkylation sites (tertiary alicyclic amines) is 1. The Labute approximate surface area is 193 Å². The van der Waals surface area contributed by atoms with Gasteiger partial charge in [-0.05, 0) is 49.9 Å². The summed E-state index contributed by atoms with van der Waals surface area (Å²) in [6, 6.07) is 18.1. The number of amides is 2. The summed E-state index contributed by atoms with van der Waals surface area (Å²) < 4.78 is 1.96. The van der Waals surface area contributed by atoms with Gasteiger partial charge in [0.25, 0.3) is 0 Å². The van der Waals surface area contributed by atoms with Crippen LogP contribution in [0, 0.1) is 13.8 Å². The van der Waals surface area contributed by atoms with E-state index in [1.165, 1.54) is 22.2 Å². The van der Waals surface area contributed by atoms with Crippen LogP contribution in [-0.4, -0.2) is 38.8 Å². The van der Waals surface area contributed by atoms with Crippen molar-refractivity contribution in [1.29, 1.82) is 0 Å². The normalized spacial score (nSPS) is 15.1. The van der Waals surface area contributed by atoms with Crippen LogP contribution >= 0.6 is 0 Å². The first-order chi connectivity index (χ1) is 16.1. The van der Waals surface area contributed by atoms with Gasteiger partial charge in [0.05, 0.1) is 12.2 Å². The van der Waals surface area contributed by atoms with E-state index in [2.05, 4.69) is 56.8 Å². The molecule has 7 heteroatoms. The Morgan fingerprint density at radius 3 is 2.58 bits per heavy atom. The molecule has 5 rings (SSSR count). The van der Waals surface area contributed by atoms with Gasteiger partial charge in [0.1, 0.15) is 5.82 Å². The minimum absolute atomic E-state index is 0.252. The lowest BCUT2D eigenvalue weighted by atomic mass is 10.0. The molecule has 0 aliphatic carbocycles. The first-order valence-electron chi connectivity index (χ1n) is 11.5. The molecule has 0 atom stereocenters. The van der Waals surface area contributed by atoms with Gasteiger partial charge in [-0.15, -0.1) is 0 Å². The number of urea groups is 1. The van der Waals surface area contributed by atoms with Crippen LogP contribution < -0.4 is 10.6 Å². The average molecular weight is 443 g/mol. The Kier molecular flexibility index (Phi) is 5.88. The number of anilines is 2. The molecule has 3 N–H and O–H groups in total. The molecule has 1 saturated heterocycles. The fourth-order valence-electron chi connectivity index (χ4n) is 4.73. The second-order valence-corrected chi connectivity index (χ2v) is 8.84. The average Bonchev–Trinajstić information content (AvgIpc) is 3.40. The van der Waals surface area contributed by atoms with Gasteiger partial charge in [-0.2, -0.15) is 5.10 Å². The fraction of sp³-hybridized carbons (Fsp3) is 0.308. The van der Waals surface area contributed by atoms with Gasteiger partial charge in [0.2, 0.25) is 0 Å². The maximum Gasteiger partial charge on any atom is 0.324 e. The number of piperidine rings is 1. The molecule has 1 aliphatic heterocycles. The Morgan fingerprint density at radius 2 is 1.79 bits per heavy atom. The van der Waals surface area contributed by atoms with Crippen molar-refractivity contribution >= 4 is 28.4 Å². The fourth-order valence-corrected chi connectivity index (χ4v) is 4.73. The van der Waals surface area contributed by atoms with Crippen molar-refractivity contribution in [1.82, 2.24) is 19.7 Å². The lowest BCUT2D eigenvalue weighted by molar-refractivity contribution is 0.173. The van der Waals surface area contributed by atoms with Crippen LogP contribution in [0.3, 0.4) is 0 Å². The largest absolute Gasteiger partial charge is 0.357 e. The van der Waals surface area contributed by atoms with Crippen molar-refractivity contribution in [2.24, 2.45) is 0 Å². The number of benzene rings is 2. The summed E-state index contributed by atoms with van der Waals surface area (Å²) in [7, 11) is 0. The van der Waals surface area contributed by atoms with Gasteiger partial charge in [0, 0.05) is 48.0 Å². The summed E-state index contributed by atoms with van der Waals surface area (Å²) in [5, 5.41) is 11.7. The lowest BCUT2D eigenvalue weighted by Crippen LogP contribution is -2.35. The summed E-state index contributed by atoms with van der Waals surface area (Å²) in [6.07, 6.45) is 3.74. The Bertz CT molecular complexity index is 1260. The highest BCUT2D eigenvalue weighted by atomic mass is 16.2. The monoisotopic (exact) mass is 442 g/mol. The topological polar surface area (TPSA) is 78.0 Å². The van der Waals surface area contributed by atoms with Crippen LogP contribution in [-0.2, 0) is 6.54 Å². The molecule has 3 heterocycles. The van der Waals surface area contributed by atoms with Crippen LogP contribution in [0.25, 0.3) is 10.9 Å². The number of aromatic amines is 1. The van der Waals surface area contributed by atoms with E-state index in [9.17, 15) is 4.79 Å². The number of nitrogens with one attached hydrogen (secondary N) is 3. The molecule has 0 bridgehead atoms. The number of aromatic nitrogens is 3. The third kappa shape index (κ3) is 4.50. The summed E-state index contributed by atoms with van der Waals surface area (Å²) in [5.74, 6) is 0.728. The molecule has 170 valence electrons. The van der Waals surface area contributed by atoms with E-state index >= 15 is 0 Å². The number of H-pyrrole nitrogens is 1. The summed E-state index contributed by atoms with van der Waals surface area (Å²) in [4.78, 5) is 18.6. The molecule has 0 spiro atoms. The van der Waals surface area contributed by atoms with Crippen molar-refractivity contribution in [3.8, 4) is 0 Å². The lowest BCUT2D eigenvalue weighted by Gasteiger charge is -2.32. The van der Waals surface area contributed by atoms with Gasteiger partial charge in [-0.25, -0.2) is 9.48 Å². The van der Waals surface area contributed by atoms with Crippen LogP contribution in [0.1, 0.15) is 35.7 Å². The van der Waals surface area contributed by atoms with Crippen molar-refractivity contribution < 1.29 is 4.79 Å². The van der Waals surface area contributed by atoms with Crippen LogP contribution in [0.2, 0.25) is 0 Å². The number of aryl methyl sites for hydroxylation is 2. The zero-order valence-corrected chi connectivity index (χ0v) is 19.1. The minimum Gasteiger partial charge on any atom is -0.357 e. The molecule has 0 unspecified atom stereocenters. The molecule has 4 aromatic rings. The molecule has 7 nitrogen and oxygen atoms in total. The van der Waals surface area contributed by atoms with E-state index in [0.717, 1.165) is 49.5 Å². The summed E-state index contributed by atoms with van der Waals surface area (Å²) in [6.45, 7) is 7.09. The molecule has 1 fully saturated rings. The molecule has 0 saturated carbocycles. The second kappa shape index (κ2) is 9.11. The van der Waals surface area contributed by atoms with Gasteiger partial charge < -0.3 is 10.3 Å². The Morgan fingerprint density at radius 1 is 1.03 bits per heavy atom. The van der Waals surface area contributed by atoms with Crippen LogP contribution in [0.4, 0.5) is 16.3 Å². The number of nitrogens with zero attached hydrogens (tertiary/aromatic N) is 3.